The number of nitrogens with one attached hydrogen (secondary N) is 1. The molecular formula is C22H22N4O3. The summed E-state index contributed by atoms with van der Waals surface area (Å²) in [5, 5.41) is 12.1. The number of benzene rings is 2. The van der Waals surface area contributed by atoms with E-state index >= 15 is 0 Å². The molecule has 0 unspecified atom stereocenters. The Morgan fingerprint density at radius 1 is 0.793 bits per heavy atom. The van der Waals surface area contributed by atoms with E-state index in [0.717, 1.165) is 22.6 Å². The van der Waals surface area contributed by atoms with Gasteiger partial charge in [-0.1, -0.05) is 17.7 Å². The fourth-order valence-corrected chi connectivity index (χ4v) is 3.18. The minimum atomic E-state index is 0.536. The zero-order valence-corrected chi connectivity index (χ0v) is 16.8. The number of anilines is 2. The average Bonchev–Trinajstić information content (AvgIpc) is 3.17. The number of aromatic nitrogens is 3. The molecule has 2 heterocycles. The van der Waals surface area contributed by atoms with Crippen LogP contribution >= 0.6 is 0 Å². The Bertz CT molecular complexity index is 1130. The van der Waals surface area contributed by atoms with Crippen LogP contribution in [0.2, 0.25) is 0 Å². The Hall–Kier alpha value is -3.74. The van der Waals surface area contributed by atoms with E-state index in [4.69, 9.17) is 14.2 Å². The predicted molar refractivity (Wildman–Crippen MR) is 113 cm³/mol. The standard InChI is InChI=1S/C22H22N4O3/c1-14-5-7-16(8-6-14)23-17-9-10-20-24-25-22(26(20)13-17)15-11-18(27-2)21(29-4)19(12-15)28-3/h5-13,23H,1-4H3. The zero-order chi connectivity index (χ0) is 20.4. The fourth-order valence-electron chi connectivity index (χ4n) is 3.18. The van der Waals surface area contributed by atoms with Crippen LogP contribution in [0.5, 0.6) is 17.2 Å². The van der Waals surface area contributed by atoms with Gasteiger partial charge in [0.2, 0.25) is 5.75 Å². The van der Waals surface area contributed by atoms with Crippen LogP contribution in [-0.4, -0.2) is 35.9 Å². The second-order valence-corrected chi connectivity index (χ2v) is 6.57. The summed E-state index contributed by atoms with van der Waals surface area (Å²) < 4.78 is 18.3. The Morgan fingerprint density at radius 2 is 1.45 bits per heavy atom. The molecule has 0 fully saturated rings. The van der Waals surface area contributed by atoms with E-state index in [1.165, 1.54) is 5.56 Å². The summed E-state index contributed by atoms with van der Waals surface area (Å²) in [5.74, 6) is 2.33. The summed E-state index contributed by atoms with van der Waals surface area (Å²) >= 11 is 0. The molecule has 7 nitrogen and oxygen atoms in total. The Balaban J connectivity index is 1.77. The maximum Gasteiger partial charge on any atom is 0.203 e. The molecule has 4 aromatic rings. The Morgan fingerprint density at radius 3 is 2.07 bits per heavy atom. The molecule has 0 radical (unpaired) electrons. The third-order valence-corrected chi connectivity index (χ3v) is 4.67. The lowest BCUT2D eigenvalue weighted by Crippen LogP contribution is -1.98. The largest absolute Gasteiger partial charge is 0.493 e. The molecule has 0 amide bonds. The molecule has 0 spiro atoms. The highest BCUT2D eigenvalue weighted by Crippen LogP contribution is 2.40. The van der Waals surface area contributed by atoms with Gasteiger partial charge in [-0.25, -0.2) is 0 Å². The lowest BCUT2D eigenvalue weighted by atomic mass is 10.1. The van der Waals surface area contributed by atoms with Gasteiger partial charge < -0.3 is 19.5 Å². The van der Waals surface area contributed by atoms with E-state index in [1.54, 1.807) is 21.3 Å². The molecule has 0 aliphatic heterocycles. The molecule has 29 heavy (non-hydrogen) atoms. The number of pyridine rings is 1. The second kappa shape index (κ2) is 7.71. The molecule has 2 aromatic heterocycles. The van der Waals surface area contributed by atoms with Crippen LogP contribution in [0.1, 0.15) is 5.56 Å². The van der Waals surface area contributed by atoms with Gasteiger partial charge in [0.05, 0.1) is 27.0 Å². The topological polar surface area (TPSA) is 69.9 Å². The SMILES string of the molecule is COc1cc(-c2nnc3ccc(Nc4ccc(C)cc4)cn23)cc(OC)c1OC. The summed E-state index contributed by atoms with van der Waals surface area (Å²) in [6, 6.07) is 15.9. The lowest BCUT2D eigenvalue weighted by molar-refractivity contribution is 0.324. The zero-order valence-electron chi connectivity index (χ0n) is 16.8. The van der Waals surface area contributed by atoms with Gasteiger partial charge in [-0.05, 0) is 43.3 Å². The Kier molecular flexibility index (Phi) is 4.95. The summed E-state index contributed by atoms with van der Waals surface area (Å²) in [5.41, 5.74) is 4.70. The third kappa shape index (κ3) is 3.54. The highest BCUT2D eigenvalue weighted by atomic mass is 16.5. The van der Waals surface area contributed by atoms with Crippen molar-refractivity contribution in [2.24, 2.45) is 0 Å². The molecule has 1 N–H and O–H groups in total. The number of nitrogens with zero attached hydrogens (tertiary/aromatic N) is 3. The van der Waals surface area contributed by atoms with Crippen molar-refractivity contribution in [1.29, 1.82) is 0 Å². The van der Waals surface area contributed by atoms with Gasteiger partial charge in [0, 0.05) is 17.4 Å². The molecule has 0 bridgehead atoms. The van der Waals surface area contributed by atoms with Gasteiger partial charge in [0.1, 0.15) is 0 Å². The molecule has 2 aromatic carbocycles. The van der Waals surface area contributed by atoms with Crippen molar-refractivity contribution in [2.75, 3.05) is 26.6 Å². The summed E-state index contributed by atoms with van der Waals surface area (Å²) in [6.45, 7) is 2.07. The molecule has 0 saturated heterocycles. The molecular weight excluding hydrogens is 368 g/mol. The average molecular weight is 390 g/mol. The van der Waals surface area contributed by atoms with Gasteiger partial charge >= 0.3 is 0 Å². The van der Waals surface area contributed by atoms with Crippen molar-refractivity contribution in [2.45, 2.75) is 6.92 Å². The van der Waals surface area contributed by atoms with Crippen LogP contribution in [0.4, 0.5) is 11.4 Å². The van der Waals surface area contributed by atoms with Gasteiger partial charge in [-0.2, -0.15) is 0 Å². The lowest BCUT2D eigenvalue weighted by Gasteiger charge is -2.13. The van der Waals surface area contributed by atoms with Crippen LogP contribution in [0.3, 0.4) is 0 Å². The quantitative estimate of drug-likeness (QED) is 0.524. The van der Waals surface area contributed by atoms with Crippen molar-refractivity contribution in [3.63, 3.8) is 0 Å². The molecule has 0 saturated carbocycles. The van der Waals surface area contributed by atoms with E-state index in [-0.39, 0.29) is 0 Å². The molecule has 0 atom stereocenters. The first-order chi connectivity index (χ1) is 14.1. The summed E-state index contributed by atoms with van der Waals surface area (Å²) in [6.07, 6.45) is 1.97. The minimum absolute atomic E-state index is 0.536. The van der Waals surface area contributed by atoms with E-state index in [0.29, 0.717) is 23.1 Å². The summed E-state index contributed by atoms with van der Waals surface area (Å²) in [4.78, 5) is 0. The second-order valence-electron chi connectivity index (χ2n) is 6.57. The Labute approximate surface area is 168 Å². The minimum Gasteiger partial charge on any atom is -0.493 e. The maximum absolute atomic E-state index is 5.47. The van der Waals surface area contributed by atoms with Gasteiger partial charge in [0.15, 0.2) is 23.0 Å². The van der Waals surface area contributed by atoms with E-state index < -0.39 is 0 Å². The van der Waals surface area contributed by atoms with Crippen molar-refractivity contribution < 1.29 is 14.2 Å². The van der Waals surface area contributed by atoms with Crippen LogP contribution in [0.15, 0.2) is 54.7 Å². The number of aryl methyl sites for hydroxylation is 1. The van der Waals surface area contributed by atoms with Crippen molar-refractivity contribution >= 4 is 17.0 Å². The van der Waals surface area contributed by atoms with Gasteiger partial charge in [0.25, 0.3) is 0 Å². The fraction of sp³-hybridized carbons (Fsp3) is 0.182. The first-order valence-corrected chi connectivity index (χ1v) is 9.12. The molecule has 148 valence electrons. The van der Waals surface area contributed by atoms with Crippen molar-refractivity contribution in [1.82, 2.24) is 14.6 Å². The van der Waals surface area contributed by atoms with Gasteiger partial charge in [-0.3, -0.25) is 4.40 Å². The van der Waals surface area contributed by atoms with E-state index in [2.05, 4.69) is 34.6 Å². The van der Waals surface area contributed by atoms with Crippen LogP contribution in [0, 0.1) is 6.92 Å². The first kappa shape index (κ1) is 18.6. The first-order valence-electron chi connectivity index (χ1n) is 9.12. The predicted octanol–water partition coefficient (Wildman–Crippen LogP) is 4.47. The highest BCUT2D eigenvalue weighted by molar-refractivity contribution is 5.70. The number of hydrogen-bond acceptors (Lipinski definition) is 6. The molecule has 0 aliphatic rings. The number of methoxy groups -OCH3 is 3. The molecule has 0 aliphatic carbocycles. The van der Waals surface area contributed by atoms with Crippen molar-refractivity contribution in [3.05, 3.63) is 60.3 Å². The normalized spacial score (nSPS) is 10.8. The molecule has 4 rings (SSSR count). The smallest absolute Gasteiger partial charge is 0.203 e. The maximum atomic E-state index is 5.47. The monoisotopic (exact) mass is 390 g/mol. The van der Waals surface area contributed by atoms with Crippen LogP contribution < -0.4 is 19.5 Å². The van der Waals surface area contributed by atoms with E-state index in [9.17, 15) is 0 Å². The van der Waals surface area contributed by atoms with E-state index in [1.807, 2.05) is 47.0 Å². The molecule has 7 heteroatoms. The number of hydrogen-bond donors (Lipinski definition) is 1. The van der Waals surface area contributed by atoms with Crippen LogP contribution in [0.25, 0.3) is 17.0 Å². The third-order valence-electron chi connectivity index (χ3n) is 4.67. The van der Waals surface area contributed by atoms with Gasteiger partial charge in [-0.15, -0.1) is 10.2 Å². The van der Waals surface area contributed by atoms with Crippen molar-refractivity contribution in [3.8, 4) is 28.6 Å². The summed E-state index contributed by atoms with van der Waals surface area (Å²) in [7, 11) is 4.76. The number of fused-ring (bicyclic) bond motifs is 1. The number of ether oxygens (including phenoxy) is 3. The van der Waals surface area contributed by atoms with Crippen LogP contribution in [-0.2, 0) is 0 Å². The highest BCUT2D eigenvalue weighted by Gasteiger charge is 2.17. The number of rotatable bonds is 6.